The first-order valence-corrected chi connectivity index (χ1v) is 7.13. The van der Waals surface area contributed by atoms with Gasteiger partial charge in [0, 0.05) is 29.5 Å². The predicted molar refractivity (Wildman–Crippen MR) is 82.6 cm³/mol. The third-order valence-corrected chi connectivity index (χ3v) is 3.34. The fourth-order valence-corrected chi connectivity index (χ4v) is 2.11. The Labute approximate surface area is 131 Å². The van der Waals surface area contributed by atoms with Crippen LogP contribution in [0.25, 0.3) is 11.3 Å². The number of benzene rings is 1. The van der Waals surface area contributed by atoms with Crippen molar-refractivity contribution in [2.24, 2.45) is 0 Å². The highest BCUT2D eigenvalue weighted by Crippen LogP contribution is 2.23. The van der Waals surface area contributed by atoms with Crippen molar-refractivity contribution in [3.05, 3.63) is 59.5 Å². The number of amides is 1. The molecule has 6 heteroatoms. The van der Waals surface area contributed by atoms with Gasteiger partial charge in [0.25, 0.3) is 0 Å². The van der Waals surface area contributed by atoms with Gasteiger partial charge in [0.05, 0.1) is 6.26 Å². The number of aryl methyl sites for hydroxylation is 1. The smallest absolute Gasteiger partial charge is 0.231 e. The zero-order valence-electron chi connectivity index (χ0n) is 11.6. The molecule has 1 N–H and O–H groups in total. The van der Waals surface area contributed by atoms with Gasteiger partial charge in [0.1, 0.15) is 11.5 Å². The third kappa shape index (κ3) is 3.56. The second kappa shape index (κ2) is 6.49. The normalized spacial score (nSPS) is 10.6. The van der Waals surface area contributed by atoms with Crippen LogP contribution in [0, 0.1) is 0 Å². The Morgan fingerprint density at radius 2 is 2.05 bits per heavy atom. The van der Waals surface area contributed by atoms with E-state index in [1.54, 1.807) is 30.5 Å². The van der Waals surface area contributed by atoms with E-state index in [-0.39, 0.29) is 5.91 Å². The van der Waals surface area contributed by atoms with Gasteiger partial charge in [0.2, 0.25) is 11.8 Å². The first-order valence-electron chi connectivity index (χ1n) is 6.75. The maximum Gasteiger partial charge on any atom is 0.231 e. The summed E-state index contributed by atoms with van der Waals surface area (Å²) < 4.78 is 10.3. The van der Waals surface area contributed by atoms with Crippen molar-refractivity contribution in [2.45, 2.75) is 12.8 Å². The van der Waals surface area contributed by atoms with E-state index in [0.29, 0.717) is 29.4 Å². The summed E-state index contributed by atoms with van der Waals surface area (Å²) in [7, 11) is 0. The summed E-state index contributed by atoms with van der Waals surface area (Å²) in [4.78, 5) is 11.8. The van der Waals surface area contributed by atoms with Crippen LogP contribution in [0.15, 0.2) is 57.7 Å². The Kier molecular flexibility index (Phi) is 4.25. The summed E-state index contributed by atoms with van der Waals surface area (Å²) in [6, 6.07) is 12.5. The number of nitrogens with zero attached hydrogens (tertiary/aromatic N) is 1. The number of hydrogen-bond donors (Lipinski definition) is 1. The second-order valence-electron chi connectivity index (χ2n) is 4.71. The largest absolute Gasteiger partial charge is 0.469 e. The lowest BCUT2D eigenvalue weighted by atomic mass is 10.1. The molecule has 1 amide bonds. The molecule has 0 bridgehead atoms. The van der Waals surface area contributed by atoms with Crippen molar-refractivity contribution in [3.8, 4) is 11.3 Å². The van der Waals surface area contributed by atoms with Crippen LogP contribution in [0.4, 0.5) is 5.88 Å². The van der Waals surface area contributed by atoms with Crippen LogP contribution >= 0.6 is 11.6 Å². The van der Waals surface area contributed by atoms with Gasteiger partial charge in [-0.15, -0.1) is 0 Å². The summed E-state index contributed by atoms with van der Waals surface area (Å²) in [5.74, 6) is 0.930. The molecule has 3 rings (SSSR count). The molecule has 2 heterocycles. The highest BCUT2D eigenvalue weighted by Gasteiger charge is 2.10. The molecular formula is C16H13ClN2O3. The minimum absolute atomic E-state index is 0.157. The third-order valence-electron chi connectivity index (χ3n) is 3.09. The van der Waals surface area contributed by atoms with Crippen LogP contribution in [-0.4, -0.2) is 11.1 Å². The zero-order valence-corrected chi connectivity index (χ0v) is 12.3. The second-order valence-corrected chi connectivity index (χ2v) is 5.15. The van der Waals surface area contributed by atoms with Gasteiger partial charge in [-0.25, -0.2) is 0 Å². The number of carbonyl (C=O) groups excluding carboxylic acids is 1. The van der Waals surface area contributed by atoms with Gasteiger partial charge in [-0.05, 0) is 24.3 Å². The standard InChI is InChI=1S/C16H13ClN2O3/c17-12-5-3-11(4-6-12)14-10-16(22-19-14)18-15(20)8-7-13-2-1-9-21-13/h1-6,9-10H,7-8H2,(H,18,20). The average Bonchev–Trinajstić information content (AvgIpc) is 3.17. The van der Waals surface area contributed by atoms with Gasteiger partial charge >= 0.3 is 0 Å². The molecule has 0 aliphatic carbocycles. The van der Waals surface area contributed by atoms with Crippen molar-refractivity contribution in [1.82, 2.24) is 5.16 Å². The summed E-state index contributed by atoms with van der Waals surface area (Å²) in [6.07, 6.45) is 2.43. The summed E-state index contributed by atoms with van der Waals surface area (Å²) in [5, 5.41) is 7.25. The number of anilines is 1. The van der Waals surface area contributed by atoms with Crippen LogP contribution < -0.4 is 5.32 Å². The number of rotatable bonds is 5. The monoisotopic (exact) mass is 316 g/mol. The van der Waals surface area contributed by atoms with Crippen LogP contribution in [0.2, 0.25) is 5.02 Å². The fraction of sp³-hybridized carbons (Fsp3) is 0.125. The van der Waals surface area contributed by atoms with Crippen molar-refractivity contribution in [1.29, 1.82) is 0 Å². The summed E-state index contributed by atoms with van der Waals surface area (Å²) in [6.45, 7) is 0. The summed E-state index contributed by atoms with van der Waals surface area (Å²) >= 11 is 5.84. The highest BCUT2D eigenvalue weighted by molar-refractivity contribution is 6.30. The number of hydrogen-bond acceptors (Lipinski definition) is 4. The molecule has 0 saturated heterocycles. The minimum Gasteiger partial charge on any atom is -0.469 e. The molecular weight excluding hydrogens is 304 g/mol. The first kappa shape index (κ1) is 14.4. The van der Waals surface area contributed by atoms with E-state index in [9.17, 15) is 4.79 Å². The van der Waals surface area contributed by atoms with Gasteiger partial charge in [-0.1, -0.05) is 28.9 Å². The Balaban J connectivity index is 1.59. The van der Waals surface area contributed by atoms with Gasteiger partial charge in [0.15, 0.2) is 0 Å². The van der Waals surface area contributed by atoms with E-state index >= 15 is 0 Å². The van der Waals surface area contributed by atoms with E-state index in [1.807, 2.05) is 18.2 Å². The molecule has 0 radical (unpaired) electrons. The predicted octanol–water partition coefficient (Wildman–Crippen LogP) is 4.16. The van der Waals surface area contributed by atoms with Gasteiger partial charge < -0.3 is 8.94 Å². The van der Waals surface area contributed by atoms with Crippen molar-refractivity contribution < 1.29 is 13.7 Å². The highest BCUT2D eigenvalue weighted by atomic mass is 35.5. The average molecular weight is 317 g/mol. The molecule has 112 valence electrons. The molecule has 1 aromatic carbocycles. The van der Waals surface area contributed by atoms with E-state index < -0.39 is 0 Å². The number of furan rings is 1. The number of halogens is 1. The van der Waals surface area contributed by atoms with E-state index in [2.05, 4.69) is 10.5 Å². The number of nitrogens with one attached hydrogen (secondary N) is 1. The number of carbonyl (C=O) groups is 1. The Morgan fingerprint density at radius 1 is 1.23 bits per heavy atom. The van der Waals surface area contributed by atoms with E-state index in [4.69, 9.17) is 20.5 Å². The zero-order chi connectivity index (χ0) is 15.4. The molecule has 0 spiro atoms. The topological polar surface area (TPSA) is 68.3 Å². The first-order chi connectivity index (χ1) is 10.7. The van der Waals surface area contributed by atoms with Crippen molar-refractivity contribution >= 4 is 23.4 Å². The van der Waals surface area contributed by atoms with Crippen molar-refractivity contribution in [2.75, 3.05) is 5.32 Å². The molecule has 5 nitrogen and oxygen atoms in total. The Bertz CT molecular complexity index is 748. The molecule has 0 aliphatic heterocycles. The van der Waals surface area contributed by atoms with Crippen LogP contribution in [0.1, 0.15) is 12.2 Å². The van der Waals surface area contributed by atoms with Crippen LogP contribution in [-0.2, 0) is 11.2 Å². The van der Waals surface area contributed by atoms with Crippen molar-refractivity contribution in [3.63, 3.8) is 0 Å². The van der Waals surface area contributed by atoms with Crippen LogP contribution in [0.3, 0.4) is 0 Å². The van der Waals surface area contributed by atoms with Crippen LogP contribution in [0.5, 0.6) is 0 Å². The quantitative estimate of drug-likeness (QED) is 0.767. The van der Waals surface area contributed by atoms with Gasteiger partial charge in [-0.2, -0.15) is 0 Å². The fourth-order valence-electron chi connectivity index (χ4n) is 1.98. The summed E-state index contributed by atoms with van der Waals surface area (Å²) in [5.41, 5.74) is 1.50. The maximum atomic E-state index is 11.8. The van der Waals surface area contributed by atoms with Gasteiger partial charge in [-0.3, -0.25) is 10.1 Å². The molecule has 3 aromatic rings. The van der Waals surface area contributed by atoms with E-state index in [1.165, 1.54) is 0 Å². The molecule has 0 fully saturated rings. The molecule has 0 saturated carbocycles. The minimum atomic E-state index is -0.157. The lowest BCUT2D eigenvalue weighted by Crippen LogP contribution is -2.11. The molecule has 22 heavy (non-hydrogen) atoms. The maximum absolute atomic E-state index is 11.8. The number of aromatic nitrogens is 1. The lowest BCUT2D eigenvalue weighted by Gasteiger charge is -1.99. The lowest BCUT2D eigenvalue weighted by molar-refractivity contribution is -0.116. The Morgan fingerprint density at radius 3 is 2.77 bits per heavy atom. The van der Waals surface area contributed by atoms with E-state index in [0.717, 1.165) is 11.3 Å². The SMILES string of the molecule is O=C(CCc1ccco1)Nc1cc(-c2ccc(Cl)cc2)no1. The molecule has 0 atom stereocenters. The molecule has 0 unspecified atom stereocenters. The molecule has 0 aliphatic rings. The molecule has 2 aromatic heterocycles. The Hall–Kier alpha value is -2.53.